The van der Waals surface area contributed by atoms with Crippen molar-refractivity contribution < 1.29 is 19.1 Å². The van der Waals surface area contributed by atoms with Gasteiger partial charge in [-0.3, -0.25) is 9.59 Å². The normalized spacial score (nSPS) is 18.0. The smallest absolute Gasteiger partial charge is 0.235 e. The first-order valence-corrected chi connectivity index (χ1v) is 7.89. The van der Waals surface area contributed by atoms with E-state index in [1.54, 1.807) is 20.3 Å². The van der Waals surface area contributed by atoms with E-state index in [0.29, 0.717) is 30.9 Å². The molecule has 0 aliphatic heterocycles. The maximum Gasteiger partial charge on any atom is 0.235 e. The van der Waals surface area contributed by atoms with Crippen LogP contribution < -0.4 is 20.1 Å². The average molecular weight is 318 g/mol. The van der Waals surface area contributed by atoms with Gasteiger partial charge in [-0.25, -0.2) is 0 Å². The van der Waals surface area contributed by atoms with Crippen molar-refractivity contribution in [3.63, 3.8) is 0 Å². The van der Waals surface area contributed by atoms with E-state index < -0.39 is 5.41 Å². The van der Waals surface area contributed by atoms with Gasteiger partial charge in [-0.05, 0) is 43.4 Å². The molecule has 0 spiro atoms. The predicted molar refractivity (Wildman–Crippen MR) is 84.2 cm³/mol. The summed E-state index contributed by atoms with van der Waals surface area (Å²) in [5.41, 5.74) is 0.0495. The van der Waals surface area contributed by atoms with Gasteiger partial charge in [-0.15, -0.1) is 0 Å². The molecular weight excluding hydrogens is 296 g/mol. The third kappa shape index (κ3) is 3.25. The average Bonchev–Trinajstić information content (AvgIpc) is 3.45. The molecule has 0 unspecified atom stereocenters. The van der Waals surface area contributed by atoms with Gasteiger partial charge in [0.2, 0.25) is 11.8 Å². The monoisotopic (exact) mass is 318 g/mol. The van der Waals surface area contributed by atoms with Crippen LogP contribution >= 0.6 is 0 Å². The molecule has 0 heterocycles. The molecule has 6 nitrogen and oxygen atoms in total. The molecule has 124 valence electrons. The van der Waals surface area contributed by atoms with E-state index in [4.69, 9.17) is 9.47 Å². The molecule has 6 heteroatoms. The van der Waals surface area contributed by atoms with E-state index in [0.717, 1.165) is 18.4 Å². The Labute approximate surface area is 135 Å². The van der Waals surface area contributed by atoms with Crippen LogP contribution in [-0.2, 0) is 16.1 Å². The summed E-state index contributed by atoms with van der Waals surface area (Å²) in [7, 11) is 3.15. The molecule has 2 aliphatic carbocycles. The quantitative estimate of drug-likeness (QED) is 0.745. The predicted octanol–water partition coefficient (Wildman–Crippen LogP) is 1.38. The van der Waals surface area contributed by atoms with Crippen molar-refractivity contribution in [1.82, 2.24) is 10.6 Å². The first kappa shape index (κ1) is 15.6. The second-order valence-electron chi connectivity index (χ2n) is 6.20. The largest absolute Gasteiger partial charge is 0.493 e. The van der Waals surface area contributed by atoms with Crippen LogP contribution in [0, 0.1) is 5.41 Å². The lowest BCUT2D eigenvalue weighted by Crippen LogP contribution is -2.43. The summed E-state index contributed by atoms with van der Waals surface area (Å²) < 4.78 is 10.4. The van der Waals surface area contributed by atoms with Gasteiger partial charge >= 0.3 is 0 Å². The fourth-order valence-electron chi connectivity index (χ4n) is 2.58. The summed E-state index contributed by atoms with van der Waals surface area (Å²) >= 11 is 0. The van der Waals surface area contributed by atoms with Crippen LogP contribution in [0.25, 0.3) is 0 Å². The molecule has 2 amide bonds. The summed E-state index contributed by atoms with van der Waals surface area (Å²) in [6.45, 7) is 0.359. The SMILES string of the molecule is COc1ccc(CNC(=O)C2(C(=O)NC3CC3)CC2)cc1OC. The summed E-state index contributed by atoms with van der Waals surface area (Å²) in [4.78, 5) is 24.6. The summed E-state index contributed by atoms with van der Waals surface area (Å²) in [5.74, 6) is 0.951. The Morgan fingerprint density at radius 2 is 1.83 bits per heavy atom. The molecule has 0 saturated heterocycles. The summed E-state index contributed by atoms with van der Waals surface area (Å²) in [6.07, 6.45) is 3.30. The fourth-order valence-corrected chi connectivity index (χ4v) is 2.58. The minimum absolute atomic E-state index is 0.121. The van der Waals surface area contributed by atoms with Crippen molar-refractivity contribution in [3.8, 4) is 11.5 Å². The number of amides is 2. The number of carbonyl (C=O) groups excluding carboxylic acids is 2. The van der Waals surface area contributed by atoms with Crippen molar-refractivity contribution in [2.45, 2.75) is 38.3 Å². The number of rotatable bonds is 7. The van der Waals surface area contributed by atoms with Gasteiger partial charge in [0.05, 0.1) is 14.2 Å². The van der Waals surface area contributed by atoms with Crippen LogP contribution in [-0.4, -0.2) is 32.1 Å². The van der Waals surface area contributed by atoms with E-state index in [1.807, 2.05) is 12.1 Å². The van der Waals surface area contributed by atoms with Gasteiger partial charge < -0.3 is 20.1 Å². The highest BCUT2D eigenvalue weighted by Crippen LogP contribution is 2.46. The third-order valence-corrected chi connectivity index (χ3v) is 4.43. The Bertz CT molecular complexity index is 621. The minimum Gasteiger partial charge on any atom is -0.493 e. The van der Waals surface area contributed by atoms with Crippen molar-refractivity contribution in [2.75, 3.05) is 14.2 Å². The van der Waals surface area contributed by atoms with E-state index in [9.17, 15) is 9.59 Å². The Morgan fingerprint density at radius 3 is 2.39 bits per heavy atom. The highest BCUT2D eigenvalue weighted by molar-refractivity contribution is 6.08. The number of nitrogens with one attached hydrogen (secondary N) is 2. The molecule has 0 aromatic heterocycles. The highest BCUT2D eigenvalue weighted by Gasteiger charge is 2.57. The lowest BCUT2D eigenvalue weighted by molar-refractivity contribution is -0.137. The summed E-state index contributed by atoms with van der Waals surface area (Å²) in [5, 5.41) is 5.80. The number of carbonyl (C=O) groups is 2. The molecule has 0 atom stereocenters. The molecule has 23 heavy (non-hydrogen) atoms. The van der Waals surface area contributed by atoms with Crippen LogP contribution in [0.2, 0.25) is 0 Å². The zero-order valence-electron chi connectivity index (χ0n) is 13.5. The fraction of sp³-hybridized carbons (Fsp3) is 0.529. The Hall–Kier alpha value is -2.24. The lowest BCUT2D eigenvalue weighted by atomic mass is 10.0. The van der Waals surface area contributed by atoms with E-state index in [2.05, 4.69) is 10.6 Å². The van der Waals surface area contributed by atoms with E-state index in [1.165, 1.54) is 0 Å². The first-order valence-electron chi connectivity index (χ1n) is 7.89. The number of ether oxygens (including phenoxy) is 2. The van der Waals surface area contributed by atoms with Crippen LogP contribution in [0.5, 0.6) is 11.5 Å². The van der Waals surface area contributed by atoms with Crippen LogP contribution in [0.15, 0.2) is 18.2 Å². The van der Waals surface area contributed by atoms with Gasteiger partial charge in [0.1, 0.15) is 5.41 Å². The molecule has 3 rings (SSSR count). The first-order chi connectivity index (χ1) is 11.1. The molecule has 1 aromatic rings. The van der Waals surface area contributed by atoms with Crippen molar-refractivity contribution in [2.24, 2.45) is 5.41 Å². The molecule has 0 radical (unpaired) electrons. The van der Waals surface area contributed by atoms with Gasteiger partial charge in [-0.2, -0.15) is 0 Å². The van der Waals surface area contributed by atoms with Gasteiger partial charge in [0, 0.05) is 12.6 Å². The second kappa shape index (κ2) is 6.10. The van der Waals surface area contributed by atoms with Crippen molar-refractivity contribution in [1.29, 1.82) is 0 Å². The maximum atomic E-state index is 12.4. The minimum atomic E-state index is -0.848. The summed E-state index contributed by atoms with van der Waals surface area (Å²) in [6, 6.07) is 5.76. The van der Waals surface area contributed by atoms with Crippen LogP contribution in [0.3, 0.4) is 0 Å². The van der Waals surface area contributed by atoms with Crippen LogP contribution in [0.4, 0.5) is 0 Å². The van der Waals surface area contributed by atoms with Gasteiger partial charge in [-0.1, -0.05) is 6.07 Å². The zero-order chi connectivity index (χ0) is 16.4. The number of methoxy groups -OCH3 is 2. The molecule has 2 aliphatic rings. The molecule has 2 saturated carbocycles. The molecular formula is C17H22N2O4. The van der Waals surface area contributed by atoms with Crippen molar-refractivity contribution in [3.05, 3.63) is 23.8 Å². The van der Waals surface area contributed by atoms with Gasteiger partial charge in [0.15, 0.2) is 11.5 Å². The van der Waals surface area contributed by atoms with Gasteiger partial charge in [0.25, 0.3) is 0 Å². The Balaban J connectivity index is 1.59. The number of hydrogen-bond acceptors (Lipinski definition) is 4. The molecule has 1 aromatic carbocycles. The molecule has 2 N–H and O–H groups in total. The standard InChI is InChI=1S/C17H22N2O4/c1-22-13-6-3-11(9-14(13)23-2)10-18-15(20)17(7-8-17)16(21)19-12-4-5-12/h3,6,9,12H,4-5,7-8,10H2,1-2H3,(H,18,20)(H,19,21). The van der Waals surface area contributed by atoms with Crippen LogP contribution in [0.1, 0.15) is 31.2 Å². The molecule has 0 bridgehead atoms. The Kier molecular flexibility index (Phi) is 4.15. The zero-order valence-corrected chi connectivity index (χ0v) is 13.5. The topological polar surface area (TPSA) is 76.7 Å². The van der Waals surface area contributed by atoms with E-state index >= 15 is 0 Å². The van der Waals surface area contributed by atoms with E-state index in [-0.39, 0.29) is 17.9 Å². The number of benzene rings is 1. The lowest BCUT2D eigenvalue weighted by Gasteiger charge is -2.16. The number of hydrogen-bond donors (Lipinski definition) is 2. The molecule has 2 fully saturated rings. The van der Waals surface area contributed by atoms with Crippen molar-refractivity contribution >= 4 is 11.8 Å². The second-order valence-corrected chi connectivity index (χ2v) is 6.20. The maximum absolute atomic E-state index is 12.4. The highest BCUT2D eigenvalue weighted by atomic mass is 16.5. The third-order valence-electron chi connectivity index (χ3n) is 4.43. The Morgan fingerprint density at radius 1 is 1.13 bits per heavy atom.